The van der Waals surface area contributed by atoms with Crippen LogP contribution in [0.4, 0.5) is 11.4 Å². The van der Waals surface area contributed by atoms with E-state index < -0.39 is 0 Å². The van der Waals surface area contributed by atoms with Crippen molar-refractivity contribution in [2.45, 2.75) is 19.9 Å². The summed E-state index contributed by atoms with van der Waals surface area (Å²) in [6.45, 7) is 9.02. The highest BCUT2D eigenvalue weighted by atomic mass is 14.9. The lowest BCUT2D eigenvalue weighted by atomic mass is 10.0. The molecule has 0 fully saturated rings. The Kier molecular flexibility index (Phi) is 3.00. The molecule has 0 aliphatic carbocycles. The lowest BCUT2D eigenvalue weighted by molar-refractivity contribution is 0.992. The Labute approximate surface area is 97.1 Å². The lowest BCUT2D eigenvalue weighted by Gasteiger charge is -2.21. The summed E-state index contributed by atoms with van der Waals surface area (Å²) >= 11 is 0. The van der Waals surface area contributed by atoms with Crippen LogP contribution in [0.3, 0.4) is 0 Å². The highest BCUT2D eigenvalue weighted by molar-refractivity contribution is 5.80. The second-order valence-corrected chi connectivity index (χ2v) is 4.05. The molecule has 0 spiro atoms. The molecule has 2 N–H and O–H groups in total. The van der Waals surface area contributed by atoms with Gasteiger partial charge in [-0.2, -0.15) is 0 Å². The predicted molar refractivity (Wildman–Crippen MR) is 72.8 cm³/mol. The maximum Gasteiger partial charge on any atom is 0.0425 e. The molecule has 1 aliphatic heterocycles. The first-order valence-corrected chi connectivity index (χ1v) is 5.73. The monoisotopic (exact) mass is 214 g/mol. The molecule has 0 amide bonds. The summed E-state index contributed by atoms with van der Waals surface area (Å²) in [7, 11) is 0. The Hall–Kier alpha value is -1.70. The molecule has 2 heteroatoms. The highest BCUT2D eigenvalue weighted by Crippen LogP contribution is 2.30. The Morgan fingerprint density at radius 2 is 2.31 bits per heavy atom. The summed E-state index contributed by atoms with van der Waals surface area (Å²) in [5.41, 5.74) is 4.72. The summed E-state index contributed by atoms with van der Waals surface area (Å²) in [6, 6.07) is 4.72. The predicted octanol–water partition coefficient (Wildman–Crippen LogP) is 3.59. The van der Waals surface area contributed by atoms with E-state index in [9.17, 15) is 0 Å². The van der Waals surface area contributed by atoms with E-state index in [1.54, 1.807) is 0 Å². The van der Waals surface area contributed by atoms with Crippen molar-refractivity contribution in [2.75, 3.05) is 17.2 Å². The van der Waals surface area contributed by atoms with Gasteiger partial charge in [0, 0.05) is 24.0 Å². The van der Waals surface area contributed by atoms with Crippen molar-refractivity contribution < 1.29 is 0 Å². The zero-order valence-electron chi connectivity index (χ0n) is 9.88. The second-order valence-electron chi connectivity index (χ2n) is 4.05. The van der Waals surface area contributed by atoms with E-state index in [-0.39, 0.29) is 0 Å². The molecular formula is C14H18N2. The van der Waals surface area contributed by atoms with E-state index in [4.69, 9.17) is 0 Å². The fraction of sp³-hybridized carbons (Fsp3) is 0.286. The fourth-order valence-corrected chi connectivity index (χ4v) is 1.95. The summed E-state index contributed by atoms with van der Waals surface area (Å²) in [4.78, 5) is 0. The van der Waals surface area contributed by atoms with Crippen LogP contribution in [-0.2, 0) is 0 Å². The molecule has 16 heavy (non-hydrogen) atoms. The van der Waals surface area contributed by atoms with Crippen LogP contribution in [0.5, 0.6) is 0 Å². The van der Waals surface area contributed by atoms with Gasteiger partial charge in [0.15, 0.2) is 0 Å². The van der Waals surface area contributed by atoms with Crippen LogP contribution in [0.15, 0.2) is 24.8 Å². The van der Waals surface area contributed by atoms with Crippen LogP contribution in [0, 0.1) is 0 Å². The Morgan fingerprint density at radius 3 is 3.00 bits per heavy atom. The molecule has 1 aliphatic rings. The molecule has 1 aromatic carbocycles. The van der Waals surface area contributed by atoms with Gasteiger partial charge in [0.05, 0.1) is 0 Å². The fourth-order valence-electron chi connectivity index (χ4n) is 1.95. The summed E-state index contributed by atoms with van der Waals surface area (Å²) in [6.07, 6.45) is 6.23. The minimum absolute atomic E-state index is 0.398. The van der Waals surface area contributed by atoms with Gasteiger partial charge in [-0.3, -0.25) is 0 Å². The molecule has 1 heterocycles. The van der Waals surface area contributed by atoms with Gasteiger partial charge in [0.1, 0.15) is 0 Å². The zero-order chi connectivity index (χ0) is 11.5. The van der Waals surface area contributed by atoms with E-state index in [1.165, 1.54) is 11.3 Å². The summed E-state index contributed by atoms with van der Waals surface area (Å²) < 4.78 is 0. The topological polar surface area (TPSA) is 24.1 Å². The Morgan fingerprint density at radius 1 is 1.50 bits per heavy atom. The number of rotatable bonds is 3. The molecular weight excluding hydrogens is 196 g/mol. The molecule has 1 atom stereocenters. The highest BCUT2D eigenvalue weighted by Gasteiger charge is 2.11. The molecule has 0 saturated heterocycles. The third kappa shape index (κ3) is 1.96. The van der Waals surface area contributed by atoms with Crippen molar-refractivity contribution >= 4 is 23.5 Å². The van der Waals surface area contributed by atoms with Crippen LogP contribution in [0.2, 0.25) is 0 Å². The molecule has 2 rings (SSSR count). The number of fused-ring (bicyclic) bond motifs is 1. The Bertz CT molecular complexity index is 433. The maximum atomic E-state index is 3.86. The average Bonchev–Trinajstić information content (AvgIpc) is 2.29. The number of hydrogen-bond donors (Lipinski definition) is 2. The van der Waals surface area contributed by atoms with E-state index in [0.717, 1.165) is 17.8 Å². The van der Waals surface area contributed by atoms with Crippen LogP contribution in [0.1, 0.15) is 25.0 Å². The van der Waals surface area contributed by atoms with Gasteiger partial charge in [-0.1, -0.05) is 24.8 Å². The standard InChI is InChI=1S/C14H18N2/c1-4-11-8-14-12(7-6-10(3)16-14)9-13(11)15-5-2/h4,6-10,15-16H,1,5H2,2-3H3. The van der Waals surface area contributed by atoms with Gasteiger partial charge < -0.3 is 10.6 Å². The first kappa shape index (κ1) is 10.8. The summed E-state index contributed by atoms with van der Waals surface area (Å²) in [5, 5.41) is 6.80. The van der Waals surface area contributed by atoms with Crippen molar-refractivity contribution in [2.24, 2.45) is 0 Å². The van der Waals surface area contributed by atoms with Crippen LogP contribution >= 0.6 is 0 Å². The number of nitrogens with one attached hydrogen (secondary N) is 2. The normalized spacial score (nSPS) is 17.5. The smallest absolute Gasteiger partial charge is 0.0425 e. The quantitative estimate of drug-likeness (QED) is 0.803. The number of hydrogen-bond acceptors (Lipinski definition) is 2. The van der Waals surface area contributed by atoms with E-state index in [2.05, 4.69) is 55.3 Å². The van der Waals surface area contributed by atoms with Crippen molar-refractivity contribution in [3.8, 4) is 0 Å². The molecule has 0 radical (unpaired) electrons. The maximum absolute atomic E-state index is 3.86. The second kappa shape index (κ2) is 4.44. The zero-order valence-corrected chi connectivity index (χ0v) is 9.88. The van der Waals surface area contributed by atoms with E-state index in [1.807, 2.05) is 6.08 Å². The van der Waals surface area contributed by atoms with Gasteiger partial charge in [-0.15, -0.1) is 0 Å². The van der Waals surface area contributed by atoms with Gasteiger partial charge in [0.2, 0.25) is 0 Å². The molecule has 1 aromatic rings. The van der Waals surface area contributed by atoms with Gasteiger partial charge in [-0.05, 0) is 37.1 Å². The minimum atomic E-state index is 0.398. The van der Waals surface area contributed by atoms with Crippen LogP contribution < -0.4 is 10.6 Å². The summed E-state index contributed by atoms with van der Waals surface area (Å²) in [5.74, 6) is 0. The van der Waals surface area contributed by atoms with Gasteiger partial charge in [-0.25, -0.2) is 0 Å². The van der Waals surface area contributed by atoms with Crippen molar-refractivity contribution in [1.82, 2.24) is 0 Å². The number of benzene rings is 1. The van der Waals surface area contributed by atoms with E-state index in [0.29, 0.717) is 6.04 Å². The molecule has 84 valence electrons. The molecule has 1 unspecified atom stereocenters. The molecule has 0 bridgehead atoms. The van der Waals surface area contributed by atoms with Gasteiger partial charge in [0.25, 0.3) is 0 Å². The first-order chi connectivity index (χ1) is 7.74. The lowest BCUT2D eigenvalue weighted by Crippen LogP contribution is -2.16. The van der Waals surface area contributed by atoms with Crippen molar-refractivity contribution in [1.29, 1.82) is 0 Å². The third-order valence-corrected chi connectivity index (χ3v) is 2.76. The third-order valence-electron chi connectivity index (χ3n) is 2.76. The molecule has 2 nitrogen and oxygen atoms in total. The van der Waals surface area contributed by atoms with Gasteiger partial charge >= 0.3 is 0 Å². The average molecular weight is 214 g/mol. The SMILES string of the molecule is C=Cc1cc2c(cc1NCC)C=CC(C)N2. The van der Waals surface area contributed by atoms with Crippen LogP contribution in [0.25, 0.3) is 12.2 Å². The largest absolute Gasteiger partial charge is 0.385 e. The first-order valence-electron chi connectivity index (χ1n) is 5.73. The van der Waals surface area contributed by atoms with E-state index >= 15 is 0 Å². The number of anilines is 2. The molecule has 0 aromatic heterocycles. The van der Waals surface area contributed by atoms with Crippen molar-refractivity contribution in [3.63, 3.8) is 0 Å². The van der Waals surface area contributed by atoms with Crippen LogP contribution in [-0.4, -0.2) is 12.6 Å². The molecule has 0 saturated carbocycles. The van der Waals surface area contributed by atoms with Crippen molar-refractivity contribution in [3.05, 3.63) is 35.9 Å². The minimum Gasteiger partial charge on any atom is -0.385 e. The Balaban J connectivity index is 2.45.